The number of nitrogens with zero attached hydrogens (tertiary/aromatic N) is 4. The maximum Gasteiger partial charge on any atom is 0.150 e. The van der Waals surface area contributed by atoms with Crippen LogP contribution in [0.3, 0.4) is 0 Å². The molecule has 240 valence electrons. The molecule has 6 rings (SSSR count). The monoisotopic (exact) mass is 625 g/mol. The lowest BCUT2D eigenvalue weighted by Crippen LogP contribution is -2.40. The molecule has 5 nitrogen and oxygen atoms in total. The standard InChI is InChI=1S/C27H32ClFN4.C9H18FN/c1-3-17-7-6-13-33(14-10-17)26-19-9-12-27(16-22(19)31-23(4-2)32-26)11-5-8-18-20(28)15-21(30)25(29)24(18)27;1-4-9(3)6-8(10)7-11(9)5-2/h1,15,17H,4-14,16,30H2,2H3;8H,4-7H2,1-3H3. The van der Waals surface area contributed by atoms with Crippen LogP contribution < -0.4 is 10.6 Å². The van der Waals surface area contributed by atoms with Gasteiger partial charge in [-0.15, -0.1) is 12.3 Å². The summed E-state index contributed by atoms with van der Waals surface area (Å²) in [5.74, 6) is 4.95. The summed E-state index contributed by atoms with van der Waals surface area (Å²) < 4.78 is 28.5. The molecule has 0 amide bonds. The molecule has 2 aliphatic carbocycles. The first-order valence-electron chi connectivity index (χ1n) is 16.8. The number of fused-ring (bicyclic) bond motifs is 3. The number of nitrogens with two attached hydrogens (primary N) is 1. The Kier molecular flexibility index (Phi) is 10.1. The third-order valence-corrected chi connectivity index (χ3v) is 11.3. The van der Waals surface area contributed by atoms with Crippen molar-refractivity contribution in [3.63, 3.8) is 0 Å². The lowest BCUT2D eigenvalue weighted by Gasteiger charge is -2.43. The number of halogens is 3. The van der Waals surface area contributed by atoms with Crippen LogP contribution in [0.5, 0.6) is 0 Å². The summed E-state index contributed by atoms with van der Waals surface area (Å²) in [6.45, 7) is 12.0. The third kappa shape index (κ3) is 6.31. The molecular formula is C36H50ClF2N5. The SMILES string of the molecule is C#CC1CCCN(c2nc(CC)nc3c2CCC2(CCCc4c(Cl)cc(N)c(F)c42)C3)CC1.CCN1CC(F)CC1(C)CC. The Balaban J connectivity index is 0.000000296. The van der Waals surface area contributed by atoms with E-state index in [1.807, 2.05) is 0 Å². The quantitative estimate of drug-likeness (QED) is 0.280. The van der Waals surface area contributed by atoms with E-state index >= 15 is 4.39 Å². The Bertz CT molecular complexity index is 1390. The van der Waals surface area contributed by atoms with Crippen molar-refractivity contribution < 1.29 is 8.78 Å². The van der Waals surface area contributed by atoms with Gasteiger partial charge in [0.25, 0.3) is 0 Å². The van der Waals surface area contributed by atoms with E-state index in [9.17, 15) is 4.39 Å². The van der Waals surface area contributed by atoms with Crippen LogP contribution in [0.15, 0.2) is 6.07 Å². The number of likely N-dealkylation sites (tertiary alicyclic amines) is 1. The van der Waals surface area contributed by atoms with Crippen molar-refractivity contribution in [1.29, 1.82) is 0 Å². The van der Waals surface area contributed by atoms with Crippen molar-refractivity contribution in [3.05, 3.63) is 45.1 Å². The molecular weight excluding hydrogens is 576 g/mol. The predicted molar refractivity (Wildman–Crippen MR) is 178 cm³/mol. The minimum absolute atomic E-state index is 0.133. The molecule has 2 saturated heterocycles. The number of benzene rings is 1. The second-order valence-corrected chi connectivity index (χ2v) is 14.0. The van der Waals surface area contributed by atoms with Gasteiger partial charge < -0.3 is 10.6 Å². The fourth-order valence-electron chi connectivity index (χ4n) is 8.28. The highest BCUT2D eigenvalue weighted by atomic mass is 35.5. The average Bonchev–Trinajstić information content (AvgIpc) is 3.16. The zero-order valence-electron chi connectivity index (χ0n) is 27.1. The number of terminal acetylenes is 1. The topological polar surface area (TPSA) is 58.3 Å². The molecule has 1 aromatic heterocycles. The Labute approximate surface area is 268 Å². The van der Waals surface area contributed by atoms with E-state index in [0.29, 0.717) is 17.5 Å². The highest BCUT2D eigenvalue weighted by Crippen LogP contribution is 2.50. The van der Waals surface area contributed by atoms with Gasteiger partial charge in [0.2, 0.25) is 0 Å². The van der Waals surface area contributed by atoms with Gasteiger partial charge in [-0.2, -0.15) is 0 Å². The number of nitrogen functional groups attached to an aromatic ring is 1. The fourth-order valence-corrected chi connectivity index (χ4v) is 8.59. The number of aromatic nitrogens is 2. The van der Waals surface area contributed by atoms with Gasteiger partial charge in [0, 0.05) is 59.1 Å². The Morgan fingerprint density at radius 3 is 2.59 bits per heavy atom. The smallest absolute Gasteiger partial charge is 0.150 e. The zero-order valence-corrected chi connectivity index (χ0v) is 27.9. The molecule has 1 spiro atoms. The highest BCUT2D eigenvalue weighted by Gasteiger charge is 2.44. The molecule has 3 heterocycles. The molecule has 1 aromatic carbocycles. The highest BCUT2D eigenvalue weighted by molar-refractivity contribution is 6.31. The first-order valence-corrected chi connectivity index (χ1v) is 17.2. The first-order chi connectivity index (χ1) is 21.1. The van der Waals surface area contributed by atoms with E-state index in [1.54, 1.807) is 6.07 Å². The maximum atomic E-state index is 15.5. The van der Waals surface area contributed by atoms with Crippen LogP contribution >= 0.6 is 11.6 Å². The lowest BCUT2D eigenvalue weighted by atomic mass is 9.62. The molecule has 8 heteroatoms. The Morgan fingerprint density at radius 2 is 1.91 bits per heavy atom. The molecule has 2 aliphatic heterocycles. The number of anilines is 2. The molecule has 2 fully saturated rings. The van der Waals surface area contributed by atoms with Crippen LogP contribution in [0.25, 0.3) is 0 Å². The number of hydrogen-bond donors (Lipinski definition) is 1. The number of alkyl halides is 1. The first kappa shape index (κ1) is 32.9. The van der Waals surface area contributed by atoms with E-state index < -0.39 is 6.17 Å². The molecule has 0 radical (unpaired) electrons. The van der Waals surface area contributed by atoms with Crippen LogP contribution in [-0.2, 0) is 31.1 Å². The van der Waals surface area contributed by atoms with Gasteiger partial charge in [-0.3, -0.25) is 4.90 Å². The van der Waals surface area contributed by atoms with Gasteiger partial charge in [0.05, 0.1) is 11.4 Å². The van der Waals surface area contributed by atoms with Gasteiger partial charge in [0.15, 0.2) is 0 Å². The van der Waals surface area contributed by atoms with E-state index in [4.69, 9.17) is 33.7 Å². The summed E-state index contributed by atoms with van der Waals surface area (Å²) in [7, 11) is 0. The van der Waals surface area contributed by atoms with E-state index in [-0.39, 0.29) is 22.5 Å². The summed E-state index contributed by atoms with van der Waals surface area (Å²) in [5, 5.41) is 0.596. The van der Waals surface area contributed by atoms with E-state index in [2.05, 4.69) is 43.4 Å². The lowest BCUT2D eigenvalue weighted by molar-refractivity contribution is 0.159. The average molecular weight is 626 g/mol. The zero-order chi connectivity index (χ0) is 31.6. The minimum atomic E-state index is -0.597. The van der Waals surface area contributed by atoms with Crippen molar-refractivity contribution in [2.24, 2.45) is 5.92 Å². The van der Waals surface area contributed by atoms with Gasteiger partial charge in [-0.05, 0) is 95.7 Å². The summed E-state index contributed by atoms with van der Waals surface area (Å²) in [6, 6.07) is 1.57. The molecule has 4 atom stereocenters. The molecule has 0 bridgehead atoms. The maximum absolute atomic E-state index is 15.5. The molecule has 2 aromatic rings. The van der Waals surface area contributed by atoms with E-state index in [1.165, 1.54) is 5.56 Å². The van der Waals surface area contributed by atoms with E-state index in [0.717, 1.165) is 125 Å². The largest absolute Gasteiger partial charge is 0.396 e. The molecule has 0 saturated carbocycles. The second kappa shape index (κ2) is 13.5. The Hall–Kier alpha value is -2.43. The predicted octanol–water partition coefficient (Wildman–Crippen LogP) is 7.64. The summed E-state index contributed by atoms with van der Waals surface area (Å²) in [4.78, 5) is 14.6. The van der Waals surface area contributed by atoms with Gasteiger partial charge in [-0.1, -0.05) is 32.4 Å². The van der Waals surface area contributed by atoms with Gasteiger partial charge in [0.1, 0.15) is 23.6 Å². The van der Waals surface area contributed by atoms with Crippen molar-refractivity contribution in [2.45, 2.75) is 122 Å². The van der Waals surface area contributed by atoms with Crippen LogP contribution in [-0.4, -0.2) is 52.8 Å². The Morgan fingerprint density at radius 1 is 1.11 bits per heavy atom. The van der Waals surface area contributed by atoms with Crippen molar-refractivity contribution in [2.75, 3.05) is 36.8 Å². The van der Waals surface area contributed by atoms with Gasteiger partial charge in [-0.25, -0.2) is 18.7 Å². The van der Waals surface area contributed by atoms with Crippen molar-refractivity contribution in [1.82, 2.24) is 14.9 Å². The van der Waals surface area contributed by atoms with Gasteiger partial charge >= 0.3 is 0 Å². The number of rotatable bonds is 4. The molecule has 4 unspecified atom stereocenters. The molecule has 2 N–H and O–H groups in total. The summed E-state index contributed by atoms with van der Waals surface area (Å²) in [5.41, 5.74) is 10.0. The second-order valence-electron chi connectivity index (χ2n) is 13.6. The third-order valence-electron chi connectivity index (χ3n) is 11.0. The number of aryl methyl sites for hydroxylation is 1. The van der Waals surface area contributed by atoms with Crippen LogP contribution in [0.2, 0.25) is 5.02 Å². The summed E-state index contributed by atoms with van der Waals surface area (Å²) >= 11 is 6.54. The normalized spacial score (nSPS) is 28.5. The van der Waals surface area contributed by atoms with Crippen LogP contribution in [0, 0.1) is 24.1 Å². The number of hydrogen-bond acceptors (Lipinski definition) is 5. The van der Waals surface area contributed by atoms with Crippen molar-refractivity contribution in [3.8, 4) is 12.3 Å². The minimum Gasteiger partial charge on any atom is -0.396 e. The fraction of sp³-hybridized carbons (Fsp3) is 0.667. The van der Waals surface area contributed by atoms with Crippen molar-refractivity contribution >= 4 is 23.1 Å². The summed E-state index contributed by atoms with van der Waals surface area (Å²) in [6.07, 6.45) is 16.0. The molecule has 4 aliphatic rings. The molecule has 44 heavy (non-hydrogen) atoms. The van der Waals surface area contributed by atoms with Crippen LogP contribution in [0.1, 0.15) is 107 Å². The van der Waals surface area contributed by atoms with Crippen LogP contribution in [0.4, 0.5) is 20.3 Å².